The van der Waals surface area contributed by atoms with E-state index in [4.69, 9.17) is 0 Å². The highest BCUT2D eigenvalue weighted by atomic mass is 16.2. The van der Waals surface area contributed by atoms with Crippen LogP contribution < -0.4 is 20.4 Å². The van der Waals surface area contributed by atoms with Crippen molar-refractivity contribution in [2.45, 2.75) is 104 Å². The number of hydrogen-bond acceptors (Lipinski definition) is 6. The summed E-state index contributed by atoms with van der Waals surface area (Å²) in [5.74, 6) is 1.28. The Kier molecular flexibility index (Phi) is 11.4. The highest BCUT2D eigenvalue weighted by Gasteiger charge is 2.32. The molecule has 0 radical (unpaired) electrons. The number of nitrogens with one attached hydrogen (secondary N) is 2. The molecule has 0 unspecified atom stereocenters. The van der Waals surface area contributed by atoms with Crippen molar-refractivity contribution >= 4 is 35.0 Å². The van der Waals surface area contributed by atoms with Crippen LogP contribution in [0.15, 0.2) is 61.2 Å². The third kappa shape index (κ3) is 7.58. The molecule has 4 heterocycles. The molecule has 0 fully saturated rings. The summed E-state index contributed by atoms with van der Waals surface area (Å²) in [5.41, 5.74) is 13.8. The van der Waals surface area contributed by atoms with Gasteiger partial charge in [0, 0.05) is 87.1 Å². The predicted octanol–water partition coefficient (Wildman–Crippen LogP) is 7.61. The van der Waals surface area contributed by atoms with Crippen LogP contribution in [0.5, 0.6) is 0 Å². The fourth-order valence-corrected chi connectivity index (χ4v) is 8.93. The predicted molar refractivity (Wildman–Crippen MR) is 220 cm³/mol. The lowest BCUT2D eigenvalue weighted by atomic mass is 9.78. The molecule has 8 rings (SSSR count). The number of carbonyl (C=O) groups is 4. The lowest BCUT2D eigenvalue weighted by Gasteiger charge is -2.33. The highest BCUT2D eigenvalue weighted by molar-refractivity contribution is 5.97. The maximum Gasteiger partial charge on any atom is 0.227 e. The van der Waals surface area contributed by atoms with Gasteiger partial charge in [-0.05, 0) is 119 Å². The molecular weight excluding hydrogens is 701 g/mol. The largest absolute Gasteiger partial charge is 0.349 e. The Morgan fingerprint density at radius 2 is 1.04 bits per heavy atom. The van der Waals surface area contributed by atoms with Crippen molar-refractivity contribution in [2.24, 2.45) is 11.8 Å². The van der Waals surface area contributed by atoms with Crippen LogP contribution in [0.2, 0.25) is 0 Å². The molecule has 4 aromatic rings. The van der Waals surface area contributed by atoms with Crippen LogP contribution in [0.1, 0.15) is 112 Å². The summed E-state index contributed by atoms with van der Waals surface area (Å²) in [6.45, 7) is 8.16. The van der Waals surface area contributed by atoms with Gasteiger partial charge >= 0.3 is 0 Å². The second kappa shape index (κ2) is 16.4. The summed E-state index contributed by atoms with van der Waals surface area (Å²) in [5, 5.41) is 6.38. The van der Waals surface area contributed by atoms with Crippen LogP contribution in [0.25, 0.3) is 22.3 Å². The third-order valence-corrected chi connectivity index (χ3v) is 12.4. The smallest absolute Gasteiger partial charge is 0.227 e. The van der Waals surface area contributed by atoms with E-state index < -0.39 is 0 Å². The van der Waals surface area contributed by atoms with Crippen molar-refractivity contribution in [3.63, 3.8) is 0 Å². The molecule has 2 aromatic carbocycles. The van der Waals surface area contributed by atoms with Gasteiger partial charge in [-0.3, -0.25) is 29.1 Å². The molecule has 56 heavy (non-hydrogen) atoms. The maximum atomic E-state index is 12.0. The number of amides is 4. The summed E-state index contributed by atoms with van der Waals surface area (Å²) in [7, 11) is 3.68. The van der Waals surface area contributed by atoms with Gasteiger partial charge < -0.3 is 20.4 Å². The first-order valence-corrected chi connectivity index (χ1v) is 20.3. The SMILES string of the molecule is CCC(=O)N[C@@H]1c2cncc(-c3ccc4c(c3)CCC(=O)N4C)c2CC[C@@H]1C.CCC(=O)N[C@H]1c2cncc(-c3ccc4c(c3)CCC(=O)N4C)c2CC[C@H]1C. The molecule has 10 heteroatoms. The molecule has 10 nitrogen and oxygen atoms in total. The van der Waals surface area contributed by atoms with E-state index in [0.717, 1.165) is 83.3 Å². The minimum Gasteiger partial charge on any atom is -0.349 e. The van der Waals surface area contributed by atoms with Gasteiger partial charge in [-0.25, -0.2) is 0 Å². The summed E-state index contributed by atoms with van der Waals surface area (Å²) in [4.78, 5) is 60.5. The van der Waals surface area contributed by atoms with Gasteiger partial charge in [0.15, 0.2) is 0 Å². The minimum atomic E-state index is 0.0185. The molecule has 4 aliphatic rings. The quantitative estimate of drug-likeness (QED) is 0.209. The molecule has 2 aliphatic heterocycles. The zero-order valence-electron chi connectivity index (χ0n) is 33.6. The molecule has 2 aliphatic carbocycles. The van der Waals surface area contributed by atoms with E-state index in [1.807, 2.05) is 64.9 Å². The van der Waals surface area contributed by atoms with Crippen molar-refractivity contribution in [1.29, 1.82) is 0 Å². The van der Waals surface area contributed by atoms with E-state index in [2.05, 4.69) is 58.7 Å². The molecular formula is C46H54N6O4. The van der Waals surface area contributed by atoms with E-state index in [9.17, 15) is 19.2 Å². The molecule has 2 N–H and O–H groups in total. The monoisotopic (exact) mass is 754 g/mol. The Hall–Kier alpha value is -5.38. The van der Waals surface area contributed by atoms with Gasteiger partial charge in [0.2, 0.25) is 23.6 Å². The molecule has 4 atom stereocenters. The van der Waals surface area contributed by atoms with E-state index in [-0.39, 0.29) is 35.7 Å². The van der Waals surface area contributed by atoms with Crippen LogP contribution in [0.3, 0.4) is 0 Å². The second-order valence-electron chi connectivity index (χ2n) is 15.9. The van der Waals surface area contributed by atoms with Gasteiger partial charge in [-0.1, -0.05) is 39.8 Å². The summed E-state index contributed by atoms with van der Waals surface area (Å²) in [6, 6.07) is 12.7. The van der Waals surface area contributed by atoms with E-state index in [0.29, 0.717) is 37.5 Å². The molecule has 0 spiro atoms. The zero-order valence-corrected chi connectivity index (χ0v) is 33.6. The van der Waals surface area contributed by atoms with Crippen LogP contribution in [0.4, 0.5) is 11.4 Å². The summed E-state index contributed by atoms with van der Waals surface area (Å²) < 4.78 is 0. The van der Waals surface area contributed by atoms with Crippen molar-refractivity contribution in [1.82, 2.24) is 20.6 Å². The van der Waals surface area contributed by atoms with Crippen molar-refractivity contribution in [3.8, 4) is 22.3 Å². The number of nitrogens with zero attached hydrogens (tertiary/aromatic N) is 4. The average molecular weight is 755 g/mol. The van der Waals surface area contributed by atoms with Crippen LogP contribution in [-0.2, 0) is 44.9 Å². The number of aryl methyl sites for hydroxylation is 2. The number of rotatable bonds is 6. The Morgan fingerprint density at radius 3 is 1.43 bits per heavy atom. The van der Waals surface area contributed by atoms with Crippen molar-refractivity contribution < 1.29 is 19.2 Å². The average Bonchev–Trinajstić information content (AvgIpc) is 3.22. The first-order chi connectivity index (χ1) is 27.0. The first kappa shape index (κ1) is 38.9. The van der Waals surface area contributed by atoms with E-state index in [1.165, 1.54) is 22.3 Å². The molecule has 4 amide bonds. The topological polar surface area (TPSA) is 125 Å². The molecule has 0 saturated heterocycles. The first-order valence-electron chi connectivity index (χ1n) is 20.3. The molecule has 2 aromatic heterocycles. The van der Waals surface area contributed by atoms with E-state index >= 15 is 0 Å². The summed E-state index contributed by atoms with van der Waals surface area (Å²) >= 11 is 0. The fraction of sp³-hybridized carbons (Fsp3) is 0.435. The Morgan fingerprint density at radius 1 is 0.625 bits per heavy atom. The van der Waals surface area contributed by atoms with Crippen molar-refractivity contribution in [2.75, 3.05) is 23.9 Å². The number of benzene rings is 2. The Bertz CT molecular complexity index is 2030. The van der Waals surface area contributed by atoms with Gasteiger partial charge in [0.25, 0.3) is 0 Å². The molecule has 0 bridgehead atoms. The van der Waals surface area contributed by atoms with Crippen LogP contribution >= 0.6 is 0 Å². The molecule has 0 saturated carbocycles. The number of anilines is 2. The van der Waals surface area contributed by atoms with Crippen LogP contribution in [-0.4, -0.2) is 47.7 Å². The van der Waals surface area contributed by atoms with Gasteiger partial charge in [-0.15, -0.1) is 0 Å². The summed E-state index contributed by atoms with van der Waals surface area (Å²) in [6.07, 6.45) is 15.4. The van der Waals surface area contributed by atoms with Crippen LogP contribution in [0, 0.1) is 11.8 Å². The maximum absolute atomic E-state index is 12.0. The number of hydrogen-bond donors (Lipinski definition) is 2. The highest BCUT2D eigenvalue weighted by Crippen LogP contribution is 2.42. The standard InChI is InChI=1S/2C23H27N3O2/c2*1-4-21(27)25-23-14(2)5-8-17-18(12-24-13-19(17)23)15-6-9-20-16(11-15)7-10-22(28)26(20)3/h2*6,9,11-14,23H,4-5,7-8,10H2,1-3H3,(H,25,27)/t2*14-,23-/m10/s1. The third-order valence-electron chi connectivity index (χ3n) is 12.4. The minimum absolute atomic E-state index is 0.0185. The molecule has 292 valence electrons. The Balaban J connectivity index is 0.000000172. The lowest BCUT2D eigenvalue weighted by Crippen LogP contribution is -2.35. The van der Waals surface area contributed by atoms with E-state index in [1.54, 1.807) is 9.80 Å². The number of fused-ring (bicyclic) bond motifs is 4. The Labute approximate surface area is 330 Å². The number of pyridine rings is 2. The van der Waals surface area contributed by atoms with Gasteiger partial charge in [0.1, 0.15) is 0 Å². The van der Waals surface area contributed by atoms with Crippen molar-refractivity contribution in [3.05, 3.63) is 94.6 Å². The fourth-order valence-electron chi connectivity index (χ4n) is 8.93. The normalized spacial score (nSPS) is 21.1. The van der Waals surface area contributed by atoms with Gasteiger partial charge in [0.05, 0.1) is 12.1 Å². The second-order valence-corrected chi connectivity index (χ2v) is 15.9. The zero-order chi connectivity index (χ0) is 39.7. The van der Waals surface area contributed by atoms with Gasteiger partial charge in [-0.2, -0.15) is 0 Å². The lowest BCUT2D eigenvalue weighted by molar-refractivity contribution is -0.122. The number of aromatic nitrogens is 2. The number of carbonyl (C=O) groups excluding carboxylic acids is 4.